The topological polar surface area (TPSA) is 36.7 Å². The molecular formula is C18H19FN2O2. The predicted molar refractivity (Wildman–Crippen MR) is 84.6 cm³/mol. The standard InChI is InChI=1S/C18H19FN2O2/c19-14-3-1-2-13(12-14)16-4-5-17(23-16)18(22)21-11-10-20-8-6-15(21)7-9-20/h1-5,12,15H,6-11H2. The largest absolute Gasteiger partial charge is 0.451 e. The monoisotopic (exact) mass is 314 g/mol. The number of carbonyl (C=O) groups is 1. The molecule has 0 aliphatic carbocycles. The average Bonchev–Trinajstić information content (AvgIpc) is 2.88. The van der Waals surface area contributed by atoms with Crippen LogP contribution in [0.25, 0.3) is 11.3 Å². The first-order valence-electron chi connectivity index (χ1n) is 8.10. The summed E-state index contributed by atoms with van der Waals surface area (Å²) < 4.78 is 19.0. The quantitative estimate of drug-likeness (QED) is 0.855. The number of hydrogen-bond donors (Lipinski definition) is 0. The zero-order chi connectivity index (χ0) is 15.8. The molecule has 1 aromatic carbocycles. The van der Waals surface area contributed by atoms with Crippen LogP contribution >= 0.6 is 0 Å². The smallest absolute Gasteiger partial charge is 0.289 e. The summed E-state index contributed by atoms with van der Waals surface area (Å²) in [5, 5.41) is 0. The van der Waals surface area contributed by atoms with E-state index in [1.54, 1.807) is 24.3 Å². The second-order valence-corrected chi connectivity index (χ2v) is 6.25. The molecule has 1 aromatic heterocycles. The number of rotatable bonds is 2. The highest BCUT2D eigenvalue weighted by molar-refractivity contribution is 5.92. The molecule has 3 aliphatic rings. The molecule has 4 nitrogen and oxygen atoms in total. The van der Waals surface area contributed by atoms with Gasteiger partial charge in [-0.2, -0.15) is 0 Å². The number of amides is 1. The molecule has 3 saturated heterocycles. The van der Waals surface area contributed by atoms with Gasteiger partial charge in [-0.1, -0.05) is 12.1 Å². The fraction of sp³-hybridized carbons (Fsp3) is 0.389. The van der Waals surface area contributed by atoms with Gasteiger partial charge in [0.25, 0.3) is 5.91 Å². The third-order valence-corrected chi connectivity index (χ3v) is 4.84. The Morgan fingerprint density at radius 2 is 1.91 bits per heavy atom. The molecule has 0 atom stereocenters. The summed E-state index contributed by atoms with van der Waals surface area (Å²) in [6, 6.07) is 9.95. The van der Waals surface area contributed by atoms with Crippen molar-refractivity contribution in [1.82, 2.24) is 9.80 Å². The molecule has 0 N–H and O–H groups in total. The maximum Gasteiger partial charge on any atom is 0.289 e. The lowest BCUT2D eigenvalue weighted by Gasteiger charge is -2.30. The van der Waals surface area contributed by atoms with Crippen LogP contribution in [-0.4, -0.2) is 47.9 Å². The molecule has 4 heterocycles. The lowest BCUT2D eigenvalue weighted by Crippen LogP contribution is -2.41. The van der Waals surface area contributed by atoms with Crippen molar-refractivity contribution < 1.29 is 13.6 Å². The van der Waals surface area contributed by atoms with Crippen LogP contribution < -0.4 is 0 Å². The summed E-state index contributed by atoms with van der Waals surface area (Å²) in [6.45, 7) is 3.82. The van der Waals surface area contributed by atoms with Gasteiger partial charge in [-0.05, 0) is 37.1 Å². The van der Waals surface area contributed by atoms with E-state index in [4.69, 9.17) is 4.42 Å². The van der Waals surface area contributed by atoms with Crippen molar-refractivity contribution in [3.05, 3.63) is 48.0 Å². The number of nitrogens with zero attached hydrogens (tertiary/aromatic N) is 2. The lowest BCUT2D eigenvalue weighted by atomic mass is 10.1. The van der Waals surface area contributed by atoms with Crippen molar-refractivity contribution in [2.75, 3.05) is 26.2 Å². The Morgan fingerprint density at radius 1 is 1.09 bits per heavy atom. The Balaban J connectivity index is 1.57. The van der Waals surface area contributed by atoms with Gasteiger partial charge in [0.2, 0.25) is 0 Å². The molecule has 2 aromatic rings. The van der Waals surface area contributed by atoms with E-state index in [1.807, 2.05) is 4.90 Å². The van der Waals surface area contributed by atoms with Crippen LogP contribution in [0.1, 0.15) is 23.4 Å². The van der Waals surface area contributed by atoms with Crippen molar-refractivity contribution in [1.29, 1.82) is 0 Å². The highest BCUT2D eigenvalue weighted by Gasteiger charge is 2.33. The number of hydrogen-bond acceptors (Lipinski definition) is 3. The number of benzene rings is 1. The number of carbonyl (C=O) groups excluding carboxylic acids is 1. The van der Waals surface area contributed by atoms with Gasteiger partial charge in [0.15, 0.2) is 5.76 Å². The van der Waals surface area contributed by atoms with Gasteiger partial charge in [-0.25, -0.2) is 4.39 Å². The lowest BCUT2D eigenvalue weighted by molar-refractivity contribution is 0.0653. The van der Waals surface area contributed by atoms with Crippen molar-refractivity contribution in [3.8, 4) is 11.3 Å². The maximum atomic E-state index is 13.3. The molecule has 0 unspecified atom stereocenters. The third kappa shape index (κ3) is 2.77. The molecule has 0 radical (unpaired) electrons. The average molecular weight is 314 g/mol. The van der Waals surface area contributed by atoms with Gasteiger partial charge in [0.05, 0.1) is 0 Å². The normalized spacial score (nSPS) is 23.8. The van der Waals surface area contributed by atoms with Crippen LogP contribution in [0.3, 0.4) is 0 Å². The number of furan rings is 1. The Bertz CT molecular complexity index is 719. The van der Waals surface area contributed by atoms with Crippen LogP contribution in [0.4, 0.5) is 4.39 Å². The van der Waals surface area contributed by atoms with E-state index in [2.05, 4.69) is 4.90 Å². The van der Waals surface area contributed by atoms with E-state index >= 15 is 0 Å². The minimum absolute atomic E-state index is 0.0543. The number of halogens is 1. The summed E-state index contributed by atoms with van der Waals surface area (Å²) in [5.41, 5.74) is 0.645. The second kappa shape index (κ2) is 5.81. The van der Waals surface area contributed by atoms with Gasteiger partial charge in [-0.15, -0.1) is 0 Å². The summed E-state index contributed by atoms with van der Waals surface area (Å²) in [6.07, 6.45) is 2.06. The Hall–Kier alpha value is -2.14. The van der Waals surface area contributed by atoms with Crippen LogP contribution in [0.2, 0.25) is 0 Å². The summed E-state index contributed by atoms with van der Waals surface area (Å²) in [4.78, 5) is 17.1. The van der Waals surface area contributed by atoms with Crippen molar-refractivity contribution >= 4 is 5.91 Å². The molecule has 0 spiro atoms. The van der Waals surface area contributed by atoms with Crippen LogP contribution in [0.15, 0.2) is 40.8 Å². The minimum Gasteiger partial charge on any atom is -0.451 e. The van der Waals surface area contributed by atoms with Gasteiger partial charge in [0, 0.05) is 37.8 Å². The minimum atomic E-state index is -0.314. The van der Waals surface area contributed by atoms with Gasteiger partial charge >= 0.3 is 0 Å². The first kappa shape index (κ1) is 14.5. The second-order valence-electron chi connectivity index (χ2n) is 6.25. The molecule has 23 heavy (non-hydrogen) atoms. The Kier molecular flexibility index (Phi) is 3.65. The molecule has 3 aliphatic heterocycles. The number of piperidine rings is 1. The highest BCUT2D eigenvalue weighted by atomic mass is 19.1. The van der Waals surface area contributed by atoms with E-state index < -0.39 is 0 Å². The maximum absolute atomic E-state index is 13.3. The molecular weight excluding hydrogens is 295 g/mol. The Labute approximate surface area is 134 Å². The van der Waals surface area contributed by atoms with Gasteiger partial charge < -0.3 is 14.2 Å². The molecule has 0 saturated carbocycles. The molecule has 5 heteroatoms. The molecule has 5 rings (SSSR count). The summed E-state index contributed by atoms with van der Waals surface area (Å²) in [7, 11) is 0. The van der Waals surface area contributed by atoms with Gasteiger partial charge in [0.1, 0.15) is 11.6 Å². The van der Waals surface area contributed by atoms with E-state index in [-0.39, 0.29) is 11.7 Å². The Morgan fingerprint density at radius 3 is 2.70 bits per heavy atom. The predicted octanol–water partition coefficient (Wildman–Crippen LogP) is 3.01. The summed E-state index contributed by atoms with van der Waals surface area (Å²) >= 11 is 0. The fourth-order valence-electron chi connectivity index (χ4n) is 3.54. The van der Waals surface area contributed by atoms with Gasteiger partial charge in [-0.3, -0.25) is 4.79 Å². The molecule has 2 bridgehead atoms. The van der Waals surface area contributed by atoms with Crippen LogP contribution in [0.5, 0.6) is 0 Å². The first-order chi connectivity index (χ1) is 11.2. The van der Waals surface area contributed by atoms with Crippen LogP contribution in [0, 0.1) is 5.82 Å². The summed E-state index contributed by atoms with van der Waals surface area (Å²) in [5.74, 6) is 0.493. The van der Waals surface area contributed by atoms with Crippen molar-refractivity contribution in [2.45, 2.75) is 18.9 Å². The van der Waals surface area contributed by atoms with E-state index in [1.165, 1.54) is 12.1 Å². The third-order valence-electron chi connectivity index (χ3n) is 4.84. The fourth-order valence-corrected chi connectivity index (χ4v) is 3.54. The molecule has 120 valence electrons. The van der Waals surface area contributed by atoms with E-state index in [9.17, 15) is 9.18 Å². The number of fused-ring (bicyclic) bond motifs is 4. The van der Waals surface area contributed by atoms with Crippen molar-refractivity contribution in [2.24, 2.45) is 0 Å². The zero-order valence-corrected chi connectivity index (χ0v) is 12.9. The zero-order valence-electron chi connectivity index (χ0n) is 12.9. The molecule has 3 fully saturated rings. The van der Waals surface area contributed by atoms with E-state index in [0.717, 1.165) is 39.0 Å². The highest BCUT2D eigenvalue weighted by Crippen LogP contribution is 2.26. The SMILES string of the molecule is O=C(c1ccc(-c2cccc(F)c2)o1)N1CCN2CCC1CC2. The van der Waals surface area contributed by atoms with Crippen LogP contribution in [-0.2, 0) is 0 Å². The van der Waals surface area contributed by atoms with E-state index in [0.29, 0.717) is 23.1 Å². The first-order valence-corrected chi connectivity index (χ1v) is 8.10. The molecule has 1 amide bonds. The van der Waals surface area contributed by atoms with Crippen molar-refractivity contribution in [3.63, 3.8) is 0 Å².